The average molecular weight is 445 g/mol. The zero-order valence-electron chi connectivity index (χ0n) is 20.1. The summed E-state index contributed by atoms with van der Waals surface area (Å²) >= 11 is 0. The van der Waals surface area contributed by atoms with E-state index in [4.69, 9.17) is 9.47 Å². The lowest BCUT2D eigenvalue weighted by atomic mass is 9.85. The third-order valence-electron chi connectivity index (χ3n) is 6.55. The number of unbranched alkanes of at least 4 members (excludes halogenated alkanes) is 8. The molecule has 0 N–H and O–H groups in total. The van der Waals surface area contributed by atoms with Crippen LogP contribution in [0.4, 0.5) is 13.2 Å². The molecule has 0 spiro atoms. The molecule has 0 aliphatic heterocycles. The number of rotatable bonds is 18. The van der Waals surface area contributed by atoms with Gasteiger partial charge in [-0.15, -0.1) is 0 Å². The van der Waals surface area contributed by atoms with E-state index in [2.05, 4.69) is 13.8 Å². The molecule has 0 amide bonds. The Morgan fingerprint density at radius 2 is 1.23 bits per heavy atom. The van der Waals surface area contributed by atoms with Gasteiger partial charge in [0.15, 0.2) is 17.4 Å². The molecule has 0 heterocycles. The smallest absolute Gasteiger partial charge is 0.170 e. The van der Waals surface area contributed by atoms with Crippen molar-refractivity contribution in [2.24, 2.45) is 5.92 Å². The van der Waals surface area contributed by atoms with Gasteiger partial charge in [-0.2, -0.15) is 0 Å². The standard InChI is InChI=1S/C26H43F3O2/c1-5-7-8-9-10-14-17-22(26(6-2,30-3)31-4)18-15-12-11-13-16-21-19-24(28)25(29)20-23(21)27/h19-20,22H,5-18H2,1-4H3. The van der Waals surface area contributed by atoms with Gasteiger partial charge in [-0.3, -0.25) is 0 Å². The maximum Gasteiger partial charge on any atom is 0.170 e. The lowest BCUT2D eigenvalue weighted by Crippen LogP contribution is -2.41. The molecule has 1 aromatic rings. The highest BCUT2D eigenvalue weighted by atomic mass is 19.2. The van der Waals surface area contributed by atoms with Crippen molar-refractivity contribution in [1.29, 1.82) is 0 Å². The number of methoxy groups -OCH3 is 2. The first-order valence-corrected chi connectivity index (χ1v) is 12.2. The molecule has 31 heavy (non-hydrogen) atoms. The second kappa shape index (κ2) is 15.7. The summed E-state index contributed by atoms with van der Waals surface area (Å²) in [4.78, 5) is 0. The molecule has 0 saturated carbocycles. The van der Waals surface area contributed by atoms with E-state index in [1.54, 1.807) is 14.2 Å². The Labute approximate surface area is 187 Å². The van der Waals surface area contributed by atoms with Crippen molar-refractivity contribution >= 4 is 0 Å². The van der Waals surface area contributed by atoms with Gasteiger partial charge in [0.1, 0.15) is 5.82 Å². The van der Waals surface area contributed by atoms with Crippen LogP contribution in [-0.2, 0) is 15.9 Å². The molecule has 0 fully saturated rings. The fourth-order valence-corrected chi connectivity index (χ4v) is 4.56. The van der Waals surface area contributed by atoms with Gasteiger partial charge in [-0.1, -0.05) is 71.6 Å². The zero-order chi connectivity index (χ0) is 23.1. The highest BCUT2D eigenvalue weighted by Gasteiger charge is 2.36. The number of hydrogen-bond acceptors (Lipinski definition) is 2. The second-order valence-electron chi connectivity index (χ2n) is 8.64. The van der Waals surface area contributed by atoms with Gasteiger partial charge in [0.25, 0.3) is 0 Å². The lowest BCUT2D eigenvalue weighted by molar-refractivity contribution is -0.244. The first kappa shape index (κ1) is 28.0. The highest BCUT2D eigenvalue weighted by Crippen LogP contribution is 2.35. The summed E-state index contributed by atoms with van der Waals surface area (Å²) in [6, 6.07) is 1.62. The van der Waals surface area contributed by atoms with Crippen molar-refractivity contribution in [3.8, 4) is 0 Å². The maximum absolute atomic E-state index is 13.7. The summed E-state index contributed by atoms with van der Waals surface area (Å²) in [7, 11) is 3.47. The van der Waals surface area contributed by atoms with Crippen LogP contribution >= 0.6 is 0 Å². The van der Waals surface area contributed by atoms with Crippen molar-refractivity contribution < 1.29 is 22.6 Å². The Balaban J connectivity index is 2.44. The summed E-state index contributed by atoms with van der Waals surface area (Å²) < 4.78 is 51.8. The fraction of sp³-hybridized carbons (Fsp3) is 0.769. The van der Waals surface area contributed by atoms with Crippen LogP contribution in [0, 0.1) is 23.4 Å². The van der Waals surface area contributed by atoms with E-state index in [0.717, 1.165) is 51.0 Å². The zero-order valence-corrected chi connectivity index (χ0v) is 20.1. The molecule has 2 nitrogen and oxygen atoms in total. The Bertz CT molecular complexity index is 594. The molecule has 1 unspecified atom stereocenters. The predicted octanol–water partition coefficient (Wildman–Crippen LogP) is 8.36. The van der Waals surface area contributed by atoms with Gasteiger partial charge in [0.2, 0.25) is 0 Å². The molecule has 0 aromatic heterocycles. The fourth-order valence-electron chi connectivity index (χ4n) is 4.56. The summed E-state index contributed by atoms with van der Waals surface area (Å²) in [5.74, 6) is -2.96. The minimum absolute atomic E-state index is 0.253. The predicted molar refractivity (Wildman–Crippen MR) is 122 cm³/mol. The lowest BCUT2D eigenvalue weighted by Gasteiger charge is -2.38. The summed E-state index contributed by atoms with van der Waals surface area (Å²) in [6.07, 6.45) is 14.8. The Hall–Kier alpha value is -1.07. The monoisotopic (exact) mass is 444 g/mol. The SMILES string of the molecule is CCCCCCCCC(CCCCCCc1cc(F)c(F)cc1F)C(CC)(OC)OC. The molecule has 0 aliphatic carbocycles. The van der Waals surface area contributed by atoms with Crippen LogP contribution in [0.1, 0.15) is 103 Å². The Kier molecular flexibility index (Phi) is 14.1. The number of benzene rings is 1. The van der Waals surface area contributed by atoms with Gasteiger partial charge >= 0.3 is 0 Å². The number of ether oxygens (including phenoxy) is 2. The molecule has 5 heteroatoms. The van der Waals surface area contributed by atoms with Crippen LogP contribution in [0.15, 0.2) is 12.1 Å². The number of hydrogen-bond donors (Lipinski definition) is 0. The molecular formula is C26H43F3O2. The van der Waals surface area contributed by atoms with E-state index < -0.39 is 23.2 Å². The Morgan fingerprint density at radius 3 is 1.77 bits per heavy atom. The van der Waals surface area contributed by atoms with Crippen LogP contribution in [-0.4, -0.2) is 20.0 Å². The normalized spacial score (nSPS) is 13.0. The molecule has 1 atom stereocenters. The summed E-state index contributed by atoms with van der Waals surface area (Å²) in [5, 5.41) is 0. The van der Waals surface area contributed by atoms with Gasteiger partial charge in [-0.05, 0) is 43.7 Å². The highest BCUT2D eigenvalue weighted by molar-refractivity contribution is 5.20. The summed E-state index contributed by atoms with van der Waals surface area (Å²) in [5.41, 5.74) is 0.253. The van der Waals surface area contributed by atoms with Gasteiger partial charge in [0.05, 0.1) is 0 Å². The van der Waals surface area contributed by atoms with Crippen molar-refractivity contribution in [3.05, 3.63) is 35.1 Å². The van der Waals surface area contributed by atoms with Crippen molar-refractivity contribution in [2.45, 2.75) is 110 Å². The van der Waals surface area contributed by atoms with Gasteiger partial charge in [-0.25, -0.2) is 13.2 Å². The minimum atomic E-state index is -1.13. The first-order chi connectivity index (χ1) is 14.9. The van der Waals surface area contributed by atoms with E-state index in [9.17, 15) is 13.2 Å². The van der Waals surface area contributed by atoms with Crippen LogP contribution in [0.5, 0.6) is 0 Å². The quantitative estimate of drug-likeness (QED) is 0.129. The molecule has 180 valence electrons. The molecule has 0 saturated heterocycles. The largest absolute Gasteiger partial charge is 0.353 e. The average Bonchev–Trinajstić information content (AvgIpc) is 2.77. The van der Waals surface area contributed by atoms with Crippen LogP contribution in [0.25, 0.3) is 0 Å². The maximum atomic E-state index is 13.7. The third-order valence-corrected chi connectivity index (χ3v) is 6.55. The molecule has 1 aromatic carbocycles. The topological polar surface area (TPSA) is 18.5 Å². The molecule has 0 bridgehead atoms. The van der Waals surface area contributed by atoms with E-state index >= 15 is 0 Å². The molecule has 0 radical (unpaired) electrons. The van der Waals surface area contributed by atoms with E-state index in [0.29, 0.717) is 18.4 Å². The molecular weight excluding hydrogens is 401 g/mol. The number of aryl methyl sites for hydroxylation is 1. The first-order valence-electron chi connectivity index (χ1n) is 12.2. The van der Waals surface area contributed by atoms with Gasteiger partial charge < -0.3 is 9.47 Å². The summed E-state index contributed by atoms with van der Waals surface area (Å²) in [6.45, 7) is 4.34. The van der Waals surface area contributed by atoms with Crippen molar-refractivity contribution in [3.63, 3.8) is 0 Å². The third kappa shape index (κ3) is 9.53. The van der Waals surface area contributed by atoms with Crippen molar-refractivity contribution in [1.82, 2.24) is 0 Å². The van der Waals surface area contributed by atoms with Gasteiger partial charge in [0, 0.05) is 26.2 Å². The van der Waals surface area contributed by atoms with E-state index in [-0.39, 0.29) is 5.56 Å². The molecule has 1 rings (SSSR count). The molecule has 0 aliphatic rings. The Morgan fingerprint density at radius 1 is 0.710 bits per heavy atom. The van der Waals surface area contributed by atoms with Crippen LogP contribution < -0.4 is 0 Å². The second-order valence-corrected chi connectivity index (χ2v) is 8.64. The van der Waals surface area contributed by atoms with E-state index in [1.165, 1.54) is 38.5 Å². The van der Waals surface area contributed by atoms with Crippen LogP contribution in [0.2, 0.25) is 0 Å². The van der Waals surface area contributed by atoms with E-state index in [1.807, 2.05) is 0 Å². The minimum Gasteiger partial charge on any atom is -0.353 e. The van der Waals surface area contributed by atoms with Crippen LogP contribution in [0.3, 0.4) is 0 Å². The number of halogens is 3. The van der Waals surface area contributed by atoms with Crippen molar-refractivity contribution in [2.75, 3.05) is 14.2 Å².